The number of hydrogen-bond acceptors (Lipinski definition) is 5. The van der Waals surface area contributed by atoms with Gasteiger partial charge in [-0.05, 0) is 37.8 Å². The number of aromatic nitrogens is 1. The Morgan fingerprint density at radius 3 is 2.56 bits per heavy atom. The number of hydrazine groups is 1. The van der Waals surface area contributed by atoms with Crippen molar-refractivity contribution in [2.75, 3.05) is 5.43 Å². The predicted octanol–water partition coefficient (Wildman–Crippen LogP) is 0.978. The molecule has 18 heavy (non-hydrogen) atoms. The van der Waals surface area contributed by atoms with Crippen LogP contribution in [0.2, 0.25) is 0 Å². The summed E-state index contributed by atoms with van der Waals surface area (Å²) >= 11 is 0. The molecule has 1 aliphatic rings. The topological polar surface area (TPSA) is 97.1 Å². The van der Waals surface area contributed by atoms with Crippen LogP contribution in [0.1, 0.15) is 32.6 Å². The monoisotopic (exact) mass is 270 g/mol. The summed E-state index contributed by atoms with van der Waals surface area (Å²) in [6.45, 7) is 2.00. The van der Waals surface area contributed by atoms with Crippen LogP contribution in [0, 0.1) is 0 Å². The Kier molecular flexibility index (Phi) is 3.56. The number of anilines is 1. The van der Waals surface area contributed by atoms with Gasteiger partial charge in [0, 0.05) is 11.7 Å². The van der Waals surface area contributed by atoms with Crippen LogP contribution in [0.5, 0.6) is 0 Å². The number of hydrogen-bond donors (Lipinski definition) is 3. The Labute approximate surface area is 107 Å². The minimum atomic E-state index is -3.50. The van der Waals surface area contributed by atoms with Crippen molar-refractivity contribution < 1.29 is 8.42 Å². The van der Waals surface area contributed by atoms with Crippen molar-refractivity contribution in [3.63, 3.8) is 0 Å². The van der Waals surface area contributed by atoms with Gasteiger partial charge in [0.25, 0.3) is 0 Å². The van der Waals surface area contributed by atoms with Crippen molar-refractivity contribution in [1.29, 1.82) is 0 Å². The maximum Gasteiger partial charge on any atom is 0.242 e. The molecule has 0 atom stereocenters. The first-order chi connectivity index (χ1) is 8.51. The standard InChI is InChI=1S/C11H18N4O2S/c1-2-11(6-3-7-11)15-18(16,17)9-4-5-10(14-12)13-8-9/h4-5,8,15H,2-3,6-7,12H2,1H3,(H,13,14). The molecule has 0 radical (unpaired) electrons. The first-order valence-corrected chi connectivity index (χ1v) is 7.46. The molecule has 1 aliphatic carbocycles. The zero-order valence-electron chi connectivity index (χ0n) is 10.3. The van der Waals surface area contributed by atoms with Crippen LogP contribution in [-0.2, 0) is 10.0 Å². The summed E-state index contributed by atoms with van der Waals surface area (Å²) in [7, 11) is -3.50. The van der Waals surface area contributed by atoms with E-state index in [4.69, 9.17) is 5.84 Å². The molecule has 0 aliphatic heterocycles. The quantitative estimate of drug-likeness (QED) is 0.547. The lowest BCUT2D eigenvalue weighted by Crippen LogP contribution is -2.52. The van der Waals surface area contributed by atoms with Crippen molar-refractivity contribution in [3.05, 3.63) is 18.3 Å². The molecule has 1 fully saturated rings. The van der Waals surface area contributed by atoms with Gasteiger partial charge in [-0.3, -0.25) is 0 Å². The number of nitrogen functional groups attached to an aromatic ring is 1. The minimum absolute atomic E-state index is 0.168. The van der Waals surface area contributed by atoms with Crippen molar-refractivity contribution in [2.24, 2.45) is 5.84 Å². The van der Waals surface area contributed by atoms with Gasteiger partial charge in [-0.15, -0.1) is 0 Å². The molecule has 1 heterocycles. The van der Waals surface area contributed by atoms with Crippen LogP contribution >= 0.6 is 0 Å². The zero-order valence-corrected chi connectivity index (χ0v) is 11.1. The Balaban J connectivity index is 2.19. The Morgan fingerprint density at radius 1 is 1.44 bits per heavy atom. The van der Waals surface area contributed by atoms with E-state index < -0.39 is 10.0 Å². The highest BCUT2D eigenvalue weighted by Crippen LogP contribution is 2.35. The van der Waals surface area contributed by atoms with Gasteiger partial charge < -0.3 is 5.43 Å². The fourth-order valence-corrected chi connectivity index (χ4v) is 3.57. The molecule has 1 aromatic rings. The highest BCUT2D eigenvalue weighted by molar-refractivity contribution is 7.89. The number of sulfonamides is 1. The number of pyridine rings is 1. The number of rotatable bonds is 5. The van der Waals surface area contributed by atoms with Crippen molar-refractivity contribution in [1.82, 2.24) is 9.71 Å². The summed E-state index contributed by atoms with van der Waals surface area (Å²) in [6.07, 6.45) is 4.99. The lowest BCUT2D eigenvalue weighted by molar-refractivity contribution is 0.214. The normalized spacial score (nSPS) is 18.1. The summed E-state index contributed by atoms with van der Waals surface area (Å²) in [5, 5.41) is 0. The third-order valence-corrected chi connectivity index (χ3v) is 5.10. The highest BCUT2D eigenvalue weighted by atomic mass is 32.2. The van der Waals surface area contributed by atoms with Crippen LogP contribution in [0.15, 0.2) is 23.2 Å². The molecule has 100 valence electrons. The van der Waals surface area contributed by atoms with Gasteiger partial charge in [-0.2, -0.15) is 0 Å². The minimum Gasteiger partial charge on any atom is -0.308 e. The van der Waals surface area contributed by atoms with Crippen LogP contribution < -0.4 is 16.0 Å². The van der Waals surface area contributed by atoms with Crippen molar-refractivity contribution in [2.45, 2.75) is 43.0 Å². The summed E-state index contributed by atoms with van der Waals surface area (Å²) < 4.78 is 27.2. The molecule has 0 unspecified atom stereocenters. The predicted molar refractivity (Wildman–Crippen MR) is 69.2 cm³/mol. The van der Waals surface area contributed by atoms with E-state index in [1.807, 2.05) is 6.92 Å². The van der Waals surface area contributed by atoms with Gasteiger partial charge >= 0.3 is 0 Å². The fourth-order valence-electron chi connectivity index (χ4n) is 2.10. The van der Waals surface area contributed by atoms with E-state index in [9.17, 15) is 8.42 Å². The first-order valence-electron chi connectivity index (χ1n) is 5.98. The summed E-state index contributed by atoms with van der Waals surface area (Å²) in [4.78, 5) is 4.08. The number of nitrogens with zero attached hydrogens (tertiary/aromatic N) is 1. The smallest absolute Gasteiger partial charge is 0.242 e. The molecule has 7 heteroatoms. The second-order valence-electron chi connectivity index (χ2n) is 4.62. The van der Waals surface area contributed by atoms with Gasteiger partial charge in [0.1, 0.15) is 10.7 Å². The molecule has 0 aromatic carbocycles. The maximum absolute atomic E-state index is 12.2. The van der Waals surface area contributed by atoms with E-state index in [-0.39, 0.29) is 10.4 Å². The van der Waals surface area contributed by atoms with Gasteiger partial charge in [-0.1, -0.05) is 6.92 Å². The number of nitrogens with two attached hydrogens (primary N) is 1. The summed E-state index contributed by atoms with van der Waals surface area (Å²) in [6, 6.07) is 3.03. The zero-order chi connectivity index (χ0) is 13.2. The molecule has 2 rings (SSSR count). The van der Waals surface area contributed by atoms with E-state index >= 15 is 0 Å². The maximum atomic E-state index is 12.2. The van der Waals surface area contributed by atoms with E-state index in [1.165, 1.54) is 18.3 Å². The third-order valence-electron chi connectivity index (χ3n) is 3.53. The molecule has 0 amide bonds. The lowest BCUT2D eigenvalue weighted by atomic mass is 9.76. The largest absolute Gasteiger partial charge is 0.308 e. The van der Waals surface area contributed by atoms with Crippen molar-refractivity contribution in [3.8, 4) is 0 Å². The van der Waals surface area contributed by atoms with Gasteiger partial charge in [-0.25, -0.2) is 24.0 Å². The third kappa shape index (κ3) is 2.47. The SMILES string of the molecule is CCC1(NS(=O)(=O)c2ccc(NN)nc2)CCC1. The van der Waals surface area contributed by atoms with E-state index in [0.717, 1.165) is 25.7 Å². The molecule has 0 saturated heterocycles. The second kappa shape index (κ2) is 4.83. The van der Waals surface area contributed by atoms with Crippen molar-refractivity contribution >= 4 is 15.8 Å². The van der Waals surface area contributed by atoms with Crippen LogP contribution in [0.25, 0.3) is 0 Å². The molecule has 4 N–H and O–H groups in total. The van der Waals surface area contributed by atoms with E-state index in [0.29, 0.717) is 5.82 Å². The van der Waals surface area contributed by atoms with Crippen LogP contribution in [0.3, 0.4) is 0 Å². The molecular weight excluding hydrogens is 252 g/mol. The molecule has 1 aromatic heterocycles. The Hall–Kier alpha value is -1.18. The molecule has 6 nitrogen and oxygen atoms in total. The Bertz CT molecular complexity index is 503. The molecule has 0 bridgehead atoms. The molecule has 1 saturated carbocycles. The average Bonchev–Trinajstić information content (AvgIpc) is 2.34. The van der Waals surface area contributed by atoms with Crippen LogP contribution in [0.4, 0.5) is 5.82 Å². The number of nitrogens with one attached hydrogen (secondary N) is 2. The Morgan fingerprint density at radius 2 is 2.17 bits per heavy atom. The molecular formula is C11H18N4O2S. The molecule has 0 spiro atoms. The second-order valence-corrected chi connectivity index (χ2v) is 6.30. The lowest BCUT2D eigenvalue weighted by Gasteiger charge is -2.41. The first kappa shape index (κ1) is 13.3. The average molecular weight is 270 g/mol. The van der Waals surface area contributed by atoms with E-state index in [1.54, 1.807) is 0 Å². The van der Waals surface area contributed by atoms with Gasteiger partial charge in [0.2, 0.25) is 10.0 Å². The summed E-state index contributed by atoms with van der Waals surface area (Å²) in [5.41, 5.74) is 2.10. The van der Waals surface area contributed by atoms with Crippen LogP contribution in [-0.4, -0.2) is 18.9 Å². The van der Waals surface area contributed by atoms with E-state index in [2.05, 4.69) is 15.1 Å². The van der Waals surface area contributed by atoms with Gasteiger partial charge in [0.05, 0.1) is 0 Å². The van der Waals surface area contributed by atoms with Gasteiger partial charge in [0.15, 0.2) is 0 Å². The highest BCUT2D eigenvalue weighted by Gasteiger charge is 2.39. The summed E-state index contributed by atoms with van der Waals surface area (Å²) in [5.74, 6) is 5.62. The fraction of sp³-hybridized carbons (Fsp3) is 0.545.